The number of benzene rings is 1. The van der Waals surface area contributed by atoms with Gasteiger partial charge in [-0.3, -0.25) is 4.79 Å². The Hall–Kier alpha value is -2.04. The molecule has 5 nitrogen and oxygen atoms in total. The molecule has 1 N–H and O–H groups in total. The van der Waals surface area contributed by atoms with E-state index in [1.807, 2.05) is 18.7 Å². The maximum Gasteiger partial charge on any atom is 0.342 e. The average Bonchev–Trinajstić information content (AvgIpc) is 2.49. The monoisotopic (exact) mass is 319 g/mol. The summed E-state index contributed by atoms with van der Waals surface area (Å²) in [6.07, 6.45) is 2.17. The molecule has 0 bridgehead atoms. The molecular weight excluding hydrogens is 294 g/mol. The minimum atomic E-state index is -0.870. The first-order valence-electron chi connectivity index (χ1n) is 8.14. The number of hydrogen-bond donors (Lipinski definition) is 1. The number of carbonyl (C=O) groups excluding carboxylic acids is 2. The summed E-state index contributed by atoms with van der Waals surface area (Å²) in [5.41, 5.74) is 0.682. The van der Waals surface area contributed by atoms with Gasteiger partial charge in [-0.25, -0.2) is 4.79 Å². The summed E-state index contributed by atoms with van der Waals surface area (Å²) < 4.78 is 5.29. The summed E-state index contributed by atoms with van der Waals surface area (Å²) in [5.74, 6) is -0.952. The van der Waals surface area contributed by atoms with Gasteiger partial charge in [-0.2, -0.15) is 0 Å². The highest BCUT2D eigenvalue weighted by Gasteiger charge is 2.33. The molecule has 0 saturated carbocycles. The Labute approximate surface area is 137 Å². The number of likely N-dealkylation sites (tertiary alicyclic amines) is 1. The van der Waals surface area contributed by atoms with Crippen molar-refractivity contribution in [3.8, 4) is 5.75 Å². The number of rotatable bonds is 3. The molecule has 5 heteroatoms. The normalized spacial score (nSPS) is 22.5. The molecule has 1 aliphatic rings. The SMILES string of the molecule is Cc1cccc(C(=O)O[C@@H](C)C(=O)N2[C@H](C)CCC[C@@H]2C)c1O. The van der Waals surface area contributed by atoms with Crippen molar-refractivity contribution in [2.45, 2.75) is 65.1 Å². The standard InChI is InChI=1S/C18H25NO4/c1-11-7-5-10-15(16(11)20)18(22)23-14(4)17(21)19-12(2)8-6-9-13(19)3/h5,7,10,12-14,20H,6,8-9H2,1-4H3/t12-,13+,14-/m0/s1. The molecule has 1 fully saturated rings. The van der Waals surface area contributed by atoms with E-state index in [1.165, 1.54) is 6.07 Å². The van der Waals surface area contributed by atoms with Gasteiger partial charge >= 0.3 is 5.97 Å². The second-order valence-corrected chi connectivity index (χ2v) is 6.39. The lowest BCUT2D eigenvalue weighted by Crippen LogP contribution is -2.51. The number of carbonyl (C=O) groups is 2. The minimum absolute atomic E-state index is 0.0874. The van der Waals surface area contributed by atoms with Crippen molar-refractivity contribution in [3.63, 3.8) is 0 Å². The van der Waals surface area contributed by atoms with Crippen molar-refractivity contribution in [1.29, 1.82) is 0 Å². The van der Waals surface area contributed by atoms with Crippen molar-refractivity contribution in [2.24, 2.45) is 0 Å². The van der Waals surface area contributed by atoms with E-state index in [0.717, 1.165) is 19.3 Å². The molecule has 0 spiro atoms. The van der Waals surface area contributed by atoms with Gasteiger partial charge in [0.15, 0.2) is 6.10 Å². The lowest BCUT2D eigenvalue weighted by atomic mass is 9.97. The van der Waals surface area contributed by atoms with Crippen molar-refractivity contribution >= 4 is 11.9 Å². The van der Waals surface area contributed by atoms with Crippen LogP contribution in [0.5, 0.6) is 5.75 Å². The zero-order chi connectivity index (χ0) is 17.1. The molecule has 3 atom stereocenters. The van der Waals surface area contributed by atoms with Crippen molar-refractivity contribution < 1.29 is 19.4 Å². The van der Waals surface area contributed by atoms with E-state index in [1.54, 1.807) is 26.0 Å². The van der Waals surface area contributed by atoms with Gasteiger partial charge in [0.1, 0.15) is 11.3 Å². The van der Waals surface area contributed by atoms with E-state index in [0.29, 0.717) is 5.56 Å². The van der Waals surface area contributed by atoms with Crippen molar-refractivity contribution in [3.05, 3.63) is 29.3 Å². The fourth-order valence-corrected chi connectivity index (χ4v) is 3.16. The minimum Gasteiger partial charge on any atom is -0.507 e. The van der Waals surface area contributed by atoms with Crippen LogP contribution in [0.15, 0.2) is 18.2 Å². The molecule has 0 radical (unpaired) electrons. The number of piperidine rings is 1. The third-order valence-corrected chi connectivity index (χ3v) is 4.54. The van der Waals surface area contributed by atoms with Crippen molar-refractivity contribution in [2.75, 3.05) is 0 Å². The van der Waals surface area contributed by atoms with E-state index in [2.05, 4.69) is 0 Å². The Kier molecular flexibility index (Phi) is 5.29. The first-order chi connectivity index (χ1) is 10.8. The van der Waals surface area contributed by atoms with Crippen LogP contribution in [-0.2, 0) is 9.53 Å². The van der Waals surface area contributed by atoms with Crippen LogP contribution in [0, 0.1) is 6.92 Å². The fraction of sp³-hybridized carbons (Fsp3) is 0.556. The zero-order valence-electron chi connectivity index (χ0n) is 14.2. The van der Waals surface area contributed by atoms with Crippen LogP contribution >= 0.6 is 0 Å². The van der Waals surface area contributed by atoms with Gasteiger partial charge in [0.2, 0.25) is 0 Å². The molecule has 0 aromatic heterocycles. The van der Waals surface area contributed by atoms with Crippen LogP contribution in [0.25, 0.3) is 0 Å². The first-order valence-corrected chi connectivity index (χ1v) is 8.14. The molecule has 1 aliphatic heterocycles. The van der Waals surface area contributed by atoms with Gasteiger partial charge in [-0.05, 0) is 58.6 Å². The quantitative estimate of drug-likeness (QED) is 0.870. The largest absolute Gasteiger partial charge is 0.507 e. The Morgan fingerprint density at radius 3 is 2.48 bits per heavy atom. The smallest absolute Gasteiger partial charge is 0.342 e. The molecule has 2 rings (SSSR count). The summed E-state index contributed by atoms with van der Waals surface area (Å²) in [6.45, 7) is 7.34. The molecule has 0 aliphatic carbocycles. The number of hydrogen-bond acceptors (Lipinski definition) is 4. The Balaban J connectivity index is 2.08. The third kappa shape index (κ3) is 3.66. The summed E-state index contributed by atoms with van der Waals surface area (Å²) in [7, 11) is 0. The Morgan fingerprint density at radius 2 is 1.87 bits per heavy atom. The van der Waals surface area contributed by atoms with E-state index in [9.17, 15) is 14.7 Å². The molecule has 23 heavy (non-hydrogen) atoms. The van der Waals surface area contributed by atoms with Gasteiger partial charge < -0.3 is 14.7 Å². The topological polar surface area (TPSA) is 66.8 Å². The first kappa shape index (κ1) is 17.3. The Morgan fingerprint density at radius 1 is 1.26 bits per heavy atom. The number of para-hydroxylation sites is 1. The van der Waals surface area contributed by atoms with E-state index in [4.69, 9.17) is 4.74 Å². The van der Waals surface area contributed by atoms with Gasteiger partial charge in [0.05, 0.1) is 0 Å². The maximum atomic E-state index is 12.6. The molecule has 1 amide bonds. The highest BCUT2D eigenvalue weighted by molar-refractivity contribution is 5.95. The lowest BCUT2D eigenvalue weighted by molar-refractivity contribution is -0.146. The number of esters is 1. The van der Waals surface area contributed by atoms with Crippen LogP contribution in [0.4, 0.5) is 0 Å². The number of aryl methyl sites for hydroxylation is 1. The molecule has 0 unspecified atom stereocenters. The lowest BCUT2D eigenvalue weighted by Gasteiger charge is -2.40. The van der Waals surface area contributed by atoms with Crippen molar-refractivity contribution in [1.82, 2.24) is 4.90 Å². The number of amides is 1. The second-order valence-electron chi connectivity index (χ2n) is 6.39. The molecule has 1 aromatic rings. The molecular formula is C18H25NO4. The number of aromatic hydroxyl groups is 1. The van der Waals surface area contributed by atoms with E-state index >= 15 is 0 Å². The van der Waals surface area contributed by atoms with Crippen LogP contribution in [0.1, 0.15) is 56.0 Å². The van der Waals surface area contributed by atoms with E-state index < -0.39 is 12.1 Å². The van der Waals surface area contributed by atoms with Crippen LogP contribution in [0.3, 0.4) is 0 Å². The molecule has 1 heterocycles. The third-order valence-electron chi connectivity index (χ3n) is 4.54. The fourth-order valence-electron chi connectivity index (χ4n) is 3.16. The summed E-state index contributed by atoms with van der Waals surface area (Å²) in [4.78, 5) is 26.7. The van der Waals surface area contributed by atoms with Crippen LogP contribution in [0.2, 0.25) is 0 Å². The van der Waals surface area contributed by atoms with Crippen LogP contribution < -0.4 is 0 Å². The summed E-state index contributed by atoms with van der Waals surface area (Å²) >= 11 is 0. The van der Waals surface area contributed by atoms with Gasteiger partial charge in [-0.1, -0.05) is 12.1 Å². The highest BCUT2D eigenvalue weighted by Crippen LogP contribution is 2.25. The predicted molar refractivity (Wildman–Crippen MR) is 87.3 cm³/mol. The number of phenols is 1. The summed E-state index contributed by atoms with van der Waals surface area (Å²) in [5, 5.41) is 9.96. The van der Waals surface area contributed by atoms with Crippen LogP contribution in [-0.4, -0.2) is 40.1 Å². The highest BCUT2D eigenvalue weighted by atomic mass is 16.5. The van der Waals surface area contributed by atoms with Gasteiger partial charge in [0.25, 0.3) is 5.91 Å². The van der Waals surface area contributed by atoms with Gasteiger partial charge in [-0.15, -0.1) is 0 Å². The molecule has 1 aromatic carbocycles. The maximum absolute atomic E-state index is 12.6. The molecule has 126 valence electrons. The average molecular weight is 319 g/mol. The predicted octanol–water partition coefficient (Wildman–Crippen LogP) is 3.04. The second kappa shape index (κ2) is 7.02. The number of phenolic OH excluding ortho intramolecular Hbond substituents is 1. The summed E-state index contributed by atoms with van der Waals surface area (Å²) in [6, 6.07) is 5.18. The number of nitrogens with zero attached hydrogens (tertiary/aromatic N) is 1. The molecule has 1 saturated heterocycles. The zero-order valence-corrected chi connectivity index (χ0v) is 14.2. The van der Waals surface area contributed by atoms with E-state index in [-0.39, 0.29) is 29.3 Å². The van der Waals surface area contributed by atoms with Gasteiger partial charge in [0, 0.05) is 12.1 Å². The number of ether oxygens (including phenoxy) is 1. The Bertz CT molecular complexity index is 589.